The van der Waals surface area contributed by atoms with Gasteiger partial charge in [-0.05, 0) is 54.1 Å². The van der Waals surface area contributed by atoms with Crippen molar-refractivity contribution < 1.29 is 17.6 Å². The number of carbonyl (C=O) groups is 1. The van der Waals surface area contributed by atoms with E-state index in [1.807, 2.05) is 17.0 Å². The zero-order valence-corrected chi connectivity index (χ0v) is 15.8. The molecule has 1 amide bonds. The zero-order chi connectivity index (χ0) is 19.0. The van der Waals surface area contributed by atoms with Gasteiger partial charge in [0, 0.05) is 23.5 Å². The van der Waals surface area contributed by atoms with E-state index in [0.29, 0.717) is 30.2 Å². The van der Waals surface area contributed by atoms with Gasteiger partial charge < -0.3 is 10.2 Å². The molecule has 0 radical (unpaired) electrons. The van der Waals surface area contributed by atoms with Crippen LogP contribution in [0.25, 0.3) is 0 Å². The van der Waals surface area contributed by atoms with Gasteiger partial charge in [0.05, 0.1) is 11.4 Å². The number of thioether (sulfide) groups is 1. The van der Waals surface area contributed by atoms with Crippen molar-refractivity contribution in [2.45, 2.75) is 11.3 Å². The Morgan fingerprint density at radius 1 is 1.26 bits per heavy atom. The van der Waals surface area contributed by atoms with Gasteiger partial charge in [-0.1, -0.05) is 12.1 Å². The van der Waals surface area contributed by atoms with Gasteiger partial charge in [0.1, 0.15) is 5.82 Å². The maximum absolute atomic E-state index is 13.2. The summed E-state index contributed by atoms with van der Waals surface area (Å²) >= 11 is 1.25. The molecule has 0 aliphatic carbocycles. The maximum Gasteiger partial charge on any atom is 0.257 e. The van der Waals surface area contributed by atoms with Gasteiger partial charge in [-0.25, -0.2) is 12.8 Å². The highest BCUT2D eigenvalue weighted by atomic mass is 32.2. The number of rotatable bonds is 4. The van der Waals surface area contributed by atoms with E-state index in [2.05, 4.69) is 9.71 Å². The number of amidine groups is 1. The quantitative estimate of drug-likeness (QED) is 0.845. The summed E-state index contributed by atoms with van der Waals surface area (Å²) in [5.41, 5.74) is 2.17. The summed E-state index contributed by atoms with van der Waals surface area (Å²) in [6, 6.07) is 11.5. The molecule has 0 fully saturated rings. The Morgan fingerprint density at radius 3 is 2.93 bits per heavy atom. The van der Waals surface area contributed by atoms with Crippen LogP contribution in [0.15, 0.2) is 51.8 Å². The van der Waals surface area contributed by atoms with Gasteiger partial charge in [0.15, 0.2) is 5.17 Å². The number of amides is 1. The van der Waals surface area contributed by atoms with E-state index in [4.69, 9.17) is 0 Å². The molecular formula is C18H16FN3O3S2. The standard InChI is InChI=1S/C18H16FN3O3S2/c19-14-3-1-2-12(10-14)6-7-20-17(23)13-4-5-15-16(11-13)26-18-21-27(24,25)9-8-22(15)18/h1-5,10-11H,6-9H2,(H,20,23). The lowest BCUT2D eigenvalue weighted by molar-refractivity contribution is 0.0954. The summed E-state index contributed by atoms with van der Waals surface area (Å²) in [4.78, 5) is 15.0. The molecule has 2 heterocycles. The molecule has 27 heavy (non-hydrogen) atoms. The molecule has 4 rings (SSSR count). The summed E-state index contributed by atoms with van der Waals surface area (Å²) < 4.78 is 40.3. The van der Waals surface area contributed by atoms with Gasteiger partial charge in [0.2, 0.25) is 0 Å². The highest BCUT2D eigenvalue weighted by Gasteiger charge is 2.33. The topological polar surface area (TPSA) is 78.8 Å². The number of halogens is 1. The van der Waals surface area contributed by atoms with Gasteiger partial charge in [-0.15, -0.1) is 4.40 Å². The predicted octanol–water partition coefficient (Wildman–Crippen LogP) is 2.41. The summed E-state index contributed by atoms with van der Waals surface area (Å²) in [7, 11) is -3.40. The Morgan fingerprint density at radius 2 is 2.11 bits per heavy atom. The Kier molecular flexibility index (Phi) is 4.65. The fourth-order valence-electron chi connectivity index (χ4n) is 2.99. The number of hydrogen-bond acceptors (Lipinski definition) is 5. The van der Waals surface area contributed by atoms with Crippen LogP contribution in [-0.2, 0) is 16.4 Å². The molecule has 0 spiro atoms. The molecule has 0 bridgehead atoms. The van der Waals surface area contributed by atoms with Crippen LogP contribution in [0.1, 0.15) is 15.9 Å². The number of fused-ring (bicyclic) bond motifs is 3. The number of carbonyl (C=O) groups excluding carboxylic acids is 1. The summed E-state index contributed by atoms with van der Waals surface area (Å²) in [5, 5.41) is 3.25. The first-order valence-corrected chi connectivity index (χ1v) is 10.8. The molecule has 0 unspecified atom stereocenters. The second-order valence-corrected chi connectivity index (χ2v) is 9.00. The summed E-state index contributed by atoms with van der Waals surface area (Å²) in [5.74, 6) is -0.538. The van der Waals surface area contributed by atoms with E-state index in [1.165, 1.54) is 23.9 Å². The van der Waals surface area contributed by atoms with Crippen molar-refractivity contribution in [3.05, 3.63) is 59.4 Å². The first-order chi connectivity index (χ1) is 12.9. The third-order valence-corrected chi connectivity index (χ3v) is 6.63. The average molecular weight is 405 g/mol. The fourth-order valence-corrected chi connectivity index (χ4v) is 5.28. The SMILES string of the molecule is O=C(NCCc1cccc(F)c1)c1ccc2c(c1)SC1=NS(=O)(=O)CCN12. The van der Waals surface area contributed by atoms with Crippen LogP contribution in [0.5, 0.6) is 0 Å². The highest BCUT2D eigenvalue weighted by Crippen LogP contribution is 2.42. The third kappa shape index (κ3) is 3.84. The molecule has 140 valence electrons. The van der Waals surface area contributed by atoms with Crippen LogP contribution in [0.3, 0.4) is 0 Å². The smallest absolute Gasteiger partial charge is 0.257 e. The van der Waals surface area contributed by atoms with E-state index in [0.717, 1.165) is 16.1 Å². The monoisotopic (exact) mass is 405 g/mol. The summed E-state index contributed by atoms with van der Waals surface area (Å²) in [6.45, 7) is 0.754. The van der Waals surface area contributed by atoms with Crippen LogP contribution in [0, 0.1) is 5.82 Å². The first kappa shape index (κ1) is 18.0. The normalized spacial score (nSPS) is 17.1. The van der Waals surface area contributed by atoms with Crippen molar-refractivity contribution in [2.24, 2.45) is 4.40 Å². The second-order valence-electron chi connectivity index (χ2n) is 6.23. The first-order valence-electron chi connectivity index (χ1n) is 8.36. The van der Waals surface area contributed by atoms with E-state index < -0.39 is 10.0 Å². The second kappa shape index (κ2) is 6.97. The Balaban J connectivity index is 1.43. The van der Waals surface area contributed by atoms with Crippen molar-refractivity contribution in [1.29, 1.82) is 0 Å². The van der Waals surface area contributed by atoms with Gasteiger partial charge >= 0.3 is 0 Å². The van der Waals surface area contributed by atoms with Crippen molar-refractivity contribution in [3.63, 3.8) is 0 Å². The number of benzene rings is 2. The van der Waals surface area contributed by atoms with Crippen molar-refractivity contribution in [2.75, 3.05) is 23.7 Å². The van der Waals surface area contributed by atoms with Gasteiger partial charge in [-0.3, -0.25) is 4.79 Å². The molecule has 2 aliphatic heterocycles. The molecule has 2 aromatic carbocycles. The fraction of sp³-hybridized carbons (Fsp3) is 0.222. The van der Waals surface area contributed by atoms with Crippen molar-refractivity contribution in [1.82, 2.24) is 5.32 Å². The molecule has 0 atom stereocenters. The molecule has 1 N–H and O–H groups in total. The largest absolute Gasteiger partial charge is 0.352 e. The molecule has 9 heteroatoms. The average Bonchev–Trinajstić information content (AvgIpc) is 2.96. The van der Waals surface area contributed by atoms with E-state index >= 15 is 0 Å². The lowest BCUT2D eigenvalue weighted by atomic mass is 10.1. The lowest BCUT2D eigenvalue weighted by Gasteiger charge is -2.22. The lowest BCUT2D eigenvalue weighted by Crippen LogP contribution is -2.35. The number of anilines is 1. The molecule has 2 aliphatic rings. The minimum atomic E-state index is -3.40. The predicted molar refractivity (Wildman–Crippen MR) is 103 cm³/mol. The maximum atomic E-state index is 13.2. The minimum absolute atomic E-state index is 0.0151. The van der Waals surface area contributed by atoms with Crippen LogP contribution >= 0.6 is 11.8 Å². The van der Waals surface area contributed by atoms with E-state index in [-0.39, 0.29) is 17.5 Å². The van der Waals surface area contributed by atoms with Gasteiger partial charge in [-0.2, -0.15) is 0 Å². The van der Waals surface area contributed by atoms with E-state index in [9.17, 15) is 17.6 Å². The molecule has 6 nitrogen and oxygen atoms in total. The van der Waals surface area contributed by atoms with Gasteiger partial charge in [0.25, 0.3) is 15.9 Å². The zero-order valence-electron chi connectivity index (χ0n) is 14.2. The molecule has 0 saturated carbocycles. The van der Waals surface area contributed by atoms with Crippen molar-refractivity contribution >= 4 is 38.5 Å². The Hall–Kier alpha value is -2.39. The van der Waals surface area contributed by atoms with Crippen LogP contribution < -0.4 is 10.2 Å². The summed E-state index contributed by atoms with van der Waals surface area (Å²) in [6.07, 6.45) is 0.533. The highest BCUT2D eigenvalue weighted by molar-refractivity contribution is 8.15. The third-order valence-electron chi connectivity index (χ3n) is 4.32. The van der Waals surface area contributed by atoms with Crippen molar-refractivity contribution in [3.8, 4) is 0 Å². The molecular weight excluding hydrogens is 389 g/mol. The van der Waals surface area contributed by atoms with Crippen LogP contribution in [-0.4, -0.2) is 38.3 Å². The number of sulfonamides is 1. The minimum Gasteiger partial charge on any atom is -0.352 e. The van der Waals surface area contributed by atoms with Crippen LogP contribution in [0.2, 0.25) is 0 Å². The number of nitrogens with zero attached hydrogens (tertiary/aromatic N) is 2. The molecule has 2 aromatic rings. The van der Waals surface area contributed by atoms with E-state index in [1.54, 1.807) is 18.2 Å². The Labute approximate surface area is 160 Å². The number of hydrogen-bond donors (Lipinski definition) is 1. The molecule has 0 aromatic heterocycles. The Bertz CT molecular complexity index is 1050. The molecule has 0 saturated heterocycles. The number of nitrogens with one attached hydrogen (secondary N) is 1. The van der Waals surface area contributed by atoms with Crippen LogP contribution in [0.4, 0.5) is 10.1 Å².